The van der Waals surface area contributed by atoms with Crippen LogP contribution in [0.4, 0.5) is 23.5 Å². The zero-order valence-electron chi connectivity index (χ0n) is 41.8. The predicted molar refractivity (Wildman–Crippen MR) is 281 cm³/mol. The molecule has 20 nitrogen and oxygen atoms in total. The minimum atomic E-state index is -0.0446. The number of carbonyl (C=O) groups excluding carboxylic acids is 1. The summed E-state index contributed by atoms with van der Waals surface area (Å²) in [6, 6.07) is 13.0. The van der Waals surface area contributed by atoms with Crippen LogP contribution in [-0.4, -0.2) is 177 Å². The second-order valence-electron chi connectivity index (χ2n) is 19.6. The normalized spacial score (nSPS) is 16.7. The summed E-state index contributed by atoms with van der Waals surface area (Å²) >= 11 is 0. The molecule has 20 heteroatoms. The van der Waals surface area contributed by atoms with Crippen LogP contribution in [0, 0.1) is 13.8 Å². The van der Waals surface area contributed by atoms with E-state index in [0.29, 0.717) is 67.2 Å². The van der Waals surface area contributed by atoms with Crippen molar-refractivity contribution in [1.29, 1.82) is 0 Å². The summed E-state index contributed by atoms with van der Waals surface area (Å²) in [6.45, 7) is 15.8. The summed E-state index contributed by atoms with van der Waals surface area (Å²) in [6.07, 6.45) is 12.1. The number of aromatic nitrogens is 10. The molecular formula is C52H61N17O3. The number of nitrogens with one attached hydrogen (secondary N) is 2. The summed E-state index contributed by atoms with van der Waals surface area (Å²) in [5.74, 6) is 5.56. The number of fused-ring (bicyclic) bond motifs is 4. The van der Waals surface area contributed by atoms with E-state index in [9.17, 15) is 4.79 Å². The van der Waals surface area contributed by atoms with E-state index < -0.39 is 0 Å². The van der Waals surface area contributed by atoms with E-state index in [0.717, 1.165) is 112 Å². The Morgan fingerprint density at radius 3 is 1.50 bits per heavy atom. The van der Waals surface area contributed by atoms with Crippen molar-refractivity contribution in [3.63, 3.8) is 0 Å². The SMILES string of the molecule is C=CC(=O)N1CCN(c2nc(N3CC(N(C)C)C3)nc3c(Oc4c(C)ccc5[nH]ncc45)nccc23)CC1.Cc1ccc2[nH]ncc2c1Oc1nccc2c(N3CCCCC3)nc(N3CC(N(C)C)C3)nc12. The number of benzene rings is 2. The van der Waals surface area contributed by atoms with Crippen LogP contribution in [0.3, 0.4) is 0 Å². The molecule has 4 saturated heterocycles. The molecule has 1 amide bonds. The van der Waals surface area contributed by atoms with Crippen molar-refractivity contribution in [3.05, 3.63) is 85.0 Å². The number of nitrogens with zero attached hydrogens (tertiary/aromatic N) is 15. The minimum Gasteiger partial charge on any atom is -0.436 e. The average molecular weight is 972 g/mol. The number of piperazine rings is 1. The van der Waals surface area contributed by atoms with E-state index in [1.54, 1.807) is 24.8 Å². The van der Waals surface area contributed by atoms with Crippen molar-refractivity contribution in [2.24, 2.45) is 0 Å². The maximum Gasteiger partial charge on any atom is 0.246 e. The Balaban J connectivity index is 0.000000157. The molecule has 10 heterocycles. The number of ether oxygens (including phenoxy) is 2. The fraction of sp³-hybridized carbons (Fsp3) is 0.404. The highest BCUT2D eigenvalue weighted by atomic mass is 16.5. The molecule has 6 aromatic heterocycles. The molecule has 0 radical (unpaired) electrons. The van der Waals surface area contributed by atoms with Gasteiger partial charge in [0.1, 0.15) is 34.2 Å². The van der Waals surface area contributed by atoms with Gasteiger partial charge in [-0.1, -0.05) is 18.7 Å². The van der Waals surface area contributed by atoms with Crippen LogP contribution in [0.5, 0.6) is 23.3 Å². The monoisotopic (exact) mass is 972 g/mol. The Bertz CT molecular complexity index is 3290. The fourth-order valence-electron chi connectivity index (χ4n) is 9.85. The number of H-pyrrole nitrogens is 2. The number of carbonyl (C=O) groups is 1. The number of likely N-dealkylation sites (N-methyl/N-ethyl adjacent to an activating group) is 2. The van der Waals surface area contributed by atoms with Gasteiger partial charge in [-0.2, -0.15) is 20.2 Å². The third-order valence-corrected chi connectivity index (χ3v) is 14.5. The van der Waals surface area contributed by atoms with Crippen LogP contribution in [0.1, 0.15) is 30.4 Å². The number of anilines is 4. The molecule has 0 saturated carbocycles. The summed E-state index contributed by atoms with van der Waals surface area (Å²) in [4.78, 5) is 56.8. The van der Waals surface area contributed by atoms with Crippen LogP contribution in [0.15, 0.2) is 73.8 Å². The number of hydrogen-bond acceptors (Lipinski definition) is 17. The molecule has 72 heavy (non-hydrogen) atoms. The third-order valence-electron chi connectivity index (χ3n) is 14.5. The van der Waals surface area contributed by atoms with Crippen LogP contribution < -0.4 is 29.1 Å². The van der Waals surface area contributed by atoms with Gasteiger partial charge < -0.3 is 43.8 Å². The van der Waals surface area contributed by atoms with E-state index in [-0.39, 0.29) is 5.91 Å². The Labute approximate surface area is 417 Å². The standard InChI is InChI=1S/C27H31N9O2.C25H30N8O/c1-5-22(37)34-10-12-35(13-11-34)25-19-8-9-28-26(38-24-17(2)6-7-21-20(24)14-29-32-21)23(19)30-27(31-25)36-15-18(16-36)33(3)4;1-16-7-8-20-19(13-27-30-20)22(16)34-24-21-18(9-10-26-24)23(32-11-5-4-6-12-32)29-25(28-21)33-14-17(15-33)31(2)3/h5-9,14,18H,1,10-13,15-16H2,2-4H3,(H,29,32);7-10,13,17H,4-6,11-12,14-15H2,1-3H3,(H,27,30). The molecule has 0 spiro atoms. The largest absolute Gasteiger partial charge is 0.436 e. The molecule has 0 bridgehead atoms. The topological polar surface area (TPSA) is 193 Å². The molecule has 2 N–H and O–H groups in total. The second kappa shape index (κ2) is 19.5. The van der Waals surface area contributed by atoms with E-state index >= 15 is 0 Å². The van der Waals surface area contributed by atoms with Gasteiger partial charge in [0.2, 0.25) is 29.6 Å². The molecule has 0 atom stereocenters. The highest BCUT2D eigenvalue weighted by Crippen LogP contribution is 2.40. The van der Waals surface area contributed by atoms with Crippen molar-refractivity contribution in [3.8, 4) is 23.3 Å². The Kier molecular flexibility index (Phi) is 12.6. The summed E-state index contributed by atoms with van der Waals surface area (Å²) in [5.41, 5.74) is 5.23. The molecule has 2 aromatic carbocycles. The zero-order chi connectivity index (χ0) is 49.6. The lowest BCUT2D eigenvalue weighted by Gasteiger charge is -2.43. The van der Waals surface area contributed by atoms with Crippen molar-refractivity contribution in [2.75, 3.05) is 113 Å². The highest BCUT2D eigenvalue weighted by molar-refractivity contribution is 5.96. The summed E-state index contributed by atoms with van der Waals surface area (Å²) in [5, 5.41) is 18.1. The molecule has 0 aliphatic carbocycles. The van der Waals surface area contributed by atoms with Gasteiger partial charge in [0.25, 0.3) is 0 Å². The second-order valence-corrected chi connectivity index (χ2v) is 19.6. The molecule has 4 fully saturated rings. The lowest BCUT2D eigenvalue weighted by atomic mass is 10.1. The van der Waals surface area contributed by atoms with Gasteiger partial charge in [-0.15, -0.1) is 0 Å². The van der Waals surface area contributed by atoms with E-state index in [2.05, 4.69) is 94.5 Å². The third kappa shape index (κ3) is 8.88. The zero-order valence-corrected chi connectivity index (χ0v) is 41.8. The van der Waals surface area contributed by atoms with Crippen molar-refractivity contribution >= 4 is 73.1 Å². The molecule has 0 unspecified atom stereocenters. The van der Waals surface area contributed by atoms with Crippen molar-refractivity contribution in [1.82, 2.24) is 65.0 Å². The molecule has 8 aromatic rings. The first-order valence-corrected chi connectivity index (χ1v) is 24.8. The number of hydrogen-bond donors (Lipinski definition) is 2. The quantitative estimate of drug-likeness (QED) is 0.137. The smallest absolute Gasteiger partial charge is 0.246 e. The maximum absolute atomic E-state index is 12.1. The number of pyridine rings is 2. The first-order chi connectivity index (χ1) is 35.0. The molecular weight excluding hydrogens is 911 g/mol. The number of amides is 1. The van der Waals surface area contributed by atoms with Crippen LogP contribution in [-0.2, 0) is 4.79 Å². The molecule has 12 rings (SSSR count). The number of rotatable bonds is 11. The lowest BCUT2D eigenvalue weighted by molar-refractivity contribution is -0.126. The number of aryl methyl sites for hydroxylation is 2. The van der Waals surface area contributed by atoms with Gasteiger partial charge in [0, 0.05) is 89.9 Å². The Morgan fingerprint density at radius 1 is 0.597 bits per heavy atom. The van der Waals surface area contributed by atoms with Gasteiger partial charge >= 0.3 is 0 Å². The molecule has 4 aliphatic rings. The van der Waals surface area contributed by atoms with Crippen molar-refractivity contribution < 1.29 is 14.3 Å². The summed E-state index contributed by atoms with van der Waals surface area (Å²) in [7, 11) is 8.43. The summed E-state index contributed by atoms with van der Waals surface area (Å²) < 4.78 is 13.0. The average Bonchev–Trinajstić information content (AvgIpc) is 4.06. The van der Waals surface area contributed by atoms with E-state index in [1.165, 1.54) is 25.3 Å². The fourth-order valence-corrected chi connectivity index (χ4v) is 9.85. The Hall–Kier alpha value is -7.71. The number of piperidine rings is 1. The maximum atomic E-state index is 12.1. The van der Waals surface area contributed by atoms with Crippen LogP contribution in [0.2, 0.25) is 0 Å². The Morgan fingerprint density at radius 2 is 1.06 bits per heavy atom. The molecule has 372 valence electrons. The van der Waals surface area contributed by atoms with Crippen LogP contribution >= 0.6 is 0 Å². The highest BCUT2D eigenvalue weighted by Gasteiger charge is 2.34. The molecule has 4 aliphatic heterocycles. The van der Waals surface area contributed by atoms with E-state index in [1.807, 2.05) is 55.1 Å². The predicted octanol–water partition coefficient (Wildman–Crippen LogP) is 6.33. The first-order valence-electron chi connectivity index (χ1n) is 24.8. The van der Waals surface area contributed by atoms with Gasteiger partial charge in [-0.05, 0) is 103 Å². The van der Waals surface area contributed by atoms with Gasteiger partial charge in [-0.25, -0.2) is 19.9 Å². The number of aromatic amines is 2. The van der Waals surface area contributed by atoms with Crippen LogP contribution in [0.25, 0.3) is 43.6 Å². The van der Waals surface area contributed by atoms with Gasteiger partial charge in [0.15, 0.2) is 0 Å². The van der Waals surface area contributed by atoms with Gasteiger partial charge in [0.05, 0.1) is 45.0 Å². The lowest BCUT2D eigenvalue weighted by Crippen LogP contribution is -2.58. The van der Waals surface area contributed by atoms with Crippen molar-refractivity contribution in [2.45, 2.75) is 45.2 Å². The minimum absolute atomic E-state index is 0.0446. The first kappa shape index (κ1) is 46.7. The van der Waals surface area contributed by atoms with Gasteiger partial charge in [-0.3, -0.25) is 15.0 Å². The van der Waals surface area contributed by atoms with E-state index in [4.69, 9.17) is 29.4 Å².